The predicted molar refractivity (Wildman–Crippen MR) is 110 cm³/mol. The van der Waals surface area contributed by atoms with Gasteiger partial charge in [0.2, 0.25) is 5.91 Å². The van der Waals surface area contributed by atoms with Crippen LogP contribution in [0.25, 0.3) is 0 Å². The maximum atomic E-state index is 13.2. The second-order valence-electron chi connectivity index (χ2n) is 8.07. The van der Waals surface area contributed by atoms with Gasteiger partial charge in [-0.25, -0.2) is 0 Å². The van der Waals surface area contributed by atoms with Crippen LogP contribution in [-0.4, -0.2) is 63.7 Å². The fraction of sp³-hybridized carbons (Fsp3) is 0.619. The second-order valence-corrected chi connectivity index (χ2v) is 8.07. The average Bonchev–Trinajstić information content (AvgIpc) is 3.27. The number of nitrogens with one attached hydrogen (secondary N) is 2. The Balaban J connectivity index is 1.67. The smallest absolute Gasteiger partial charge is 0.256 e. The Labute approximate surface area is 171 Å². The van der Waals surface area contributed by atoms with Gasteiger partial charge in [-0.05, 0) is 37.5 Å². The van der Waals surface area contributed by atoms with E-state index in [0.29, 0.717) is 13.2 Å². The van der Waals surface area contributed by atoms with E-state index >= 15 is 0 Å². The van der Waals surface area contributed by atoms with Gasteiger partial charge in [-0.15, -0.1) is 0 Å². The summed E-state index contributed by atoms with van der Waals surface area (Å²) in [5.41, 5.74) is 2.71. The predicted octanol–water partition coefficient (Wildman–Crippen LogP) is 1.16. The first-order chi connectivity index (χ1) is 14.0. The number of anilines is 2. The van der Waals surface area contributed by atoms with Crippen LogP contribution in [-0.2, 0) is 19.1 Å². The highest BCUT2D eigenvalue weighted by Crippen LogP contribution is 2.39. The van der Waals surface area contributed by atoms with Gasteiger partial charge in [-0.2, -0.15) is 0 Å². The number of ether oxygens (including phenoxy) is 2. The first-order valence-corrected chi connectivity index (χ1v) is 10.4. The van der Waals surface area contributed by atoms with Crippen LogP contribution < -0.4 is 20.4 Å². The summed E-state index contributed by atoms with van der Waals surface area (Å²) >= 11 is 0. The molecule has 3 aliphatic rings. The molecule has 1 unspecified atom stereocenters. The molecule has 2 N–H and O–H groups in total. The lowest BCUT2D eigenvalue weighted by molar-refractivity contribution is -0.127. The highest BCUT2D eigenvalue weighted by Gasteiger charge is 2.38. The summed E-state index contributed by atoms with van der Waals surface area (Å²) in [4.78, 5) is 29.1. The van der Waals surface area contributed by atoms with E-state index in [1.807, 2.05) is 17.9 Å². The van der Waals surface area contributed by atoms with Gasteiger partial charge in [0, 0.05) is 46.2 Å². The van der Waals surface area contributed by atoms with Crippen molar-refractivity contribution in [3.63, 3.8) is 0 Å². The Bertz CT molecular complexity index is 772. The number of fused-ring (bicyclic) bond motifs is 1. The Morgan fingerprint density at radius 3 is 2.59 bits per heavy atom. The standard InChI is InChI=1S/C21H30N4O4/c1-13-12-24(20(27)19-5-4-8-29-19)18-9-15(6-7-17(18)25(13)14(2)26)16-10-22-21(28-3)23-11-16/h6-7,9,13,16,19,21-23H,4-5,8,10-12H2,1-3H3/t13-,16?,19?,21?/m0/s1. The third-order valence-corrected chi connectivity index (χ3v) is 6.05. The molecule has 0 aromatic heterocycles. The van der Waals surface area contributed by atoms with Gasteiger partial charge in [0.15, 0.2) is 6.35 Å². The molecule has 2 amide bonds. The minimum Gasteiger partial charge on any atom is -0.368 e. The van der Waals surface area contributed by atoms with Crippen LogP contribution in [0.1, 0.15) is 38.2 Å². The van der Waals surface area contributed by atoms with Gasteiger partial charge in [-0.1, -0.05) is 6.07 Å². The van der Waals surface area contributed by atoms with Gasteiger partial charge >= 0.3 is 0 Å². The van der Waals surface area contributed by atoms with Gasteiger partial charge < -0.3 is 19.3 Å². The van der Waals surface area contributed by atoms with E-state index in [1.54, 1.807) is 18.9 Å². The SMILES string of the molecule is COC1NCC(c2ccc3c(c2)N(C(=O)C2CCCO2)C[C@H](C)N3C(C)=O)CN1. The maximum Gasteiger partial charge on any atom is 0.256 e. The zero-order valence-electron chi connectivity index (χ0n) is 17.3. The molecular weight excluding hydrogens is 372 g/mol. The molecule has 4 rings (SSSR count). The van der Waals surface area contributed by atoms with Crippen molar-refractivity contribution in [1.82, 2.24) is 10.6 Å². The van der Waals surface area contributed by atoms with Crippen LogP contribution in [0.2, 0.25) is 0 Å². The van der Waals surface area contributed by atoms with Crippen LogP contribution in [0.4, 0.5) is 11.4 Å². The summed E-state index contributed by atoms with van der Waals surface area (Å²) in [6, 6.07) is 6.00. The lowest BCUT2D eigenvalue weighted by Crippen LogP contribution is -2.54. The molecule has 3 heterocycles. The molecule has 3 aliphatic heterocycles. The summed E-state index contributed by atoms with van der Waals surface area (Å²) in [5.74, 6) is 0.228. The average molecular weight is 402 g/mol. The molecule has 0 aliphatic carbocycles. The number of carbonyl (C=O) groups is 2. The van der Waals surface area contributed by atoms with E-state index in [2.05, 4.69) is 22.8 Å². The van der Waals surface area contributed by atoms with E-state index in [-0.39, 0.29) is 36.2 Å². The Hall–Kier alpha value is -2.00. The molecule has 0 bridgehead atoms. The van der Waals surface area contributed by atoms with Crippen molar-refractivity contribution in [3.8, 4) is 0 Å². The van der Waals surface area contributed by atoms with Gasteiger partial charge in [0.1, 0.15) is 6.10 Å². The third kappa shape index (κ3) is 3.90. The zero-order chi connectivity index (χ0) is 20.5. The lowest BCUT2D eigenvalue weighted by atomic mass is 9.94. The maximum absolute atomic E-state index is 13.2. The minimum atomic E-state index is -0.386. The van der Waals surface area contributed by atoms with Crippen molar-refractivity contribution < 1.29 is 19.1 Å². The lowest BCUT2D eigenvalue weighted by Gasteiger charge is -2.42. The summed E-state index contributed by atoms with van der Waals surface area (Å²) in [5, 5.41) is 6.62. The molecule has 0 radical (unpaired) electrons. The quantitative estimate of drug-likeness (QED) is 0.790. The van der Waals surface area contributed by atoms with Crippen molar-refractivity contribution >= 4 is 23.2 Å². The van der Waals surface area contributed by atoms with Crippen LogP contribution >= 0.6 is 0 Å². The monoisotopic (exact) mass is 402 g/mol. The topological polar surface area (TPSA) is 83.1 Å². The molecule has 1 aromatic carbocycles. The van der Waals surface area contributed by atoms with Gasteiger partial charge in [0.05, 0.1) is 17.4 Å². The van der Waals surface area contributed by atoms with E-state index in [9.17, 15) is 9.59 Å². The molecule has 2 fully saturated rings. The van der Waals surface area contributed by atoms with E-state index in [4.69, 9.17) is 9.47 Å². The zero-order valence-corrected chi connectivity index (χ0v) is 17.3. The fourth-order valence-corrected chi connectivity index (χ4v) is 4.58. The Morgan fingerprint density at radius 1 is 1.21 bits per heavy atom. The number of carbonyl (C=O) groups excluding carboxylic acids is 2. The highest BCUT2D eigenvalue weighted by molar-refractivity contribution is 6.05. The molecule has 158 valence electrons. The van der Waals surface area contributed by atoms with Crippen molar-refractivity contribution in [1.29, 1.82) is 0 Å². The molecule has 2 atom stereocenters. The van der Waals surface area contributed by atoms with E-state index in [1.165, 1.54) is 0 Å². The number of nitrogens with zero attached hydrogens (tertiary/aromatic N) is 2. The fourth-order valence-electron chi connectivity index (χ4n) is 4.58. The number of methoxy groups -OCH3 is 1. The van der Waals surface area contributed by atoms with Gasteiger partial charge in [-0.3, -0.25) is 20.2 Å². The summed E-state index contributed by atoms with van der Waals surface area (Å²) in [6.45, 7) is 6.21. The molecule has 8 nitrogen and oxygen atoms in total. The molecule has 2 saturated heterocycles. The van der Waals surface area contributed by atoms with Crippen molar-refractivity contribution in [2.24, 2.45) is 0 Å². The molecular formula is C21H30N4O4. The molecule has 0 spiro atoms. The number of benzene rings is 1. The van der Waals surface area contributed by atoms with Crippen LogP contribution in [0.15, 0.2) is 18.2 Å². The van der Waals surface area contributed by atoms with Crippen molar-refractivity contribution in [3.05, 3.63) is 23.8 Å². The van der Waals surface area contributed by atoms with E-state index in [0.717, 1.165) is 42.9 Å². The summed E-state index contributed by atoms with van der Waals surface area (Å²) < 4.78 is 10.9. The number of hydrogen-bond acceptors (Lipinski definition) is 6. The molecule has 29 heavy (non-hydrogen) atoms. The number of hydrogen-bond donors (Lipinski definition) is 2. The van der Waals surface area contributed by atoms with Crippen molar-refractivity contribution in [2.45, 2.75) is 51.1 Å². The third-order valence-electron chi connectivity index (χ3n) is 6.05. The van der Waals surface area contributed by atoms with E-state index < -0.39 is 0 Å². The van der Waals surface area contributed by atoms with Gasteiger partial charge in [0.25, 0.3) is 5.91 Å². The highest BCUT2D eigenvalue weighted by atomic mass is 16.5. The Kier molecular flexibility index (Phi) is 5.87. The largest absolute Gasteiger partial charge is 0.368 e. The summed E-state index contributed by atoms with van der Waals surface area (Å²) in [6.07, 6.45) is 1.13. The minimum absolute atomic E-state index is 0.00436. The molecule has 0 saturated carbocycles. The first-order valence-electron chi connectivity index (χ1n) is 10.4. The van der Waals surface area contributed by atoms with Crippen molar-refractivity contribution in [2.75, 3.05) is 43.2 Å². The summed E-state index contributed by atoms with van der Waals surface area (Å²) in [7, 11) is 1.66. The number of rotatable bonds is 3. The number of amides is 2. The molecule has 8 heteroatoms. The Morgan fingerprint density at radius 2 is 1.97 bits per heavy atom. The van der Waals surface area contributed by atoms with Crippen LogP contribution in [0.3, 0.4) is 0 Å². The first kappa shape index (κ1) is 20.3. The van der Waals surface area contributed by atoms with Crippen LogP contribution in [0.5, 0.6) is 0 Å². The molecule has 1 aromatic rings. The normalized spacial score (nSPS) is 29.6. The van der Waals surface area contributed by atoms with Crippen LogP contribution in [0, 0.1) is 0 Å². The second kappa shape index (κ2) is 8.39.